The summed E-state index contributed by atoms with van der Waals surface area (Å²) in [5, 5.41) is 28.5. The molecule has 506 valence electrons. The zero-order valence-electron chi connectivity index (χ0n) is 51.6. The van der Waals surface area contributed by atoms with Crippen molar-refractivity contribution >= 4 is 107 Å². The summed E-state index contributed by atoms with van der Waals surface area (Å²) < 4.78 is 37.5. The number of nitrogens with two attached hydrogens (primary N) is 1. The summed E-state index contributed by atoms with van der Waals surface area (Å²) in [7, 11) is 8.17. The number of rotatable bonds is 44. The molecule has 0 aromatic heterocycles. The summed E-state index contributed by atoms with van der Waals surface area (Å²) in [6, 6.07) is -12.7. The number of ether oxygens (including phenoxy) is 8. The molecule has 36 heteroatoms. The van der Waals surface area contributed by atoms with E-state index in [2.05, 4.69) is 52.0 Å². The van der Waals surface area contributed by atoms with Crippen molar-refractivity contribution in [2.24, 2.45) is 5.73 Å². The van der Waals surface area contributed by atoms with Crippen LogP contribution in [0.3, 0.4) is 0 Å². The van der Waals surface area contributed by atoms with Gasteiger partial charge in [0, 0.05) is 57.8 Å². The molecule has 9 unspecified atom stereocenters. The molecule has 0 fully saturated rings. The molecule has 0 aliphatic carbocycles. The number of carbonyl (C=O) groups excluding carboxylic acids is 17. The van der Waals surface area contributed by atoms with Gasteiger partial charge in [-0.3, -0.25) is 43.2 Å². The first-order chi connectivity index (χ1) is 42.4. The predicted molar refractivity (Wildman–Crippen MR) is 301 cm³/mol. The molecule has 0 aromatic rings. The Bertz CT molecular complexity index is 2550. The molecule has 0 aliphatic heterocycles. The molecule has 90 heavy (non-hydrogen) atoms. The highest BCUT2D eigenvalue weighted by Crippen LogP contribution is 2.12. The Morgan fingerprint density at radius 2 is 0.422 bits per heavy atom. The minimum absolute atomic E-state index is 0.0401. The van der Waals surface area contributed by atoms with Gasteiger partial charge in [0.25, 0.3) is 0 Å². The van der Waals surface area contributed by atoms with Gasteiger partial charge in [0.2, 0.25) is 47.3 Å². The van der Waals surface area contributed by atoms with Gasteiger partial charge in [-0.25, -0.2) is 38.4 Å². The van der Waals surface area contributed by atoms with Crippen LogP contribution in [-0.2, 0) is 124 Å². The third-order valence-electron chi connectivity index (χ3n) is 13.0. The van der Waals surface area contributed by atoms with E-state index in [9.17, 15) is 91.4 Å². The van der Waals surface area contributed by atoms with Crippen molar-refractivity contribution in [1.29, 1.82) is 0 Å². The van der Waals surface area contributed by atoms with E-state index in [0.717, 1.165) is 56.9 Å². The van der Waals surface area contributed by atoms with Gasteiger partial charge in [-0.2, -0.15) is 0 Å². The lowest BCUT2D eigenvalue weighted by atomic mass is 10.1. The maximum atomic E-state index is 13.1. The zero-order chi connectivity index (χ0) is 68.6. The van der Waals surface area contributed by atoms with Crippen LogP contribution in [0, 0.1) is 0 Å². The molecule has 0 bridgehead atoms. The largest absolute Gasteiger partial charge is 0.480 e. The van der Waals surface area contributed by atoms with Crippen molar-refractivity contribution in [1.82, 2.24) is 42.5 Å². The van der Waals surface area contributed by atoms with Crippen LogP contribution in [0.15, 0.2) is 0 Å². The van der Waals surface area contributed by atoms with E-state index in [4.69, 9.17) is 34.2 Å². The third-order valence-corrected chi connectivity index (χ3v) is 13.0. The quantitative estimate of drug-likeness (QED) is 0.0202. The van der Waals surface area contributed by atoms with Gasteiger partial charge >= 0.3 is 53.7 Å². The summed E-state index contributed by atoms with van der Waals surface area (Å²) in [5.41, 5.74) is 5.64. The molecule has 9 atom stereocenters. The highest BCUT2D eigenvalue weighted by molar-refractivity contribution is 5.92. The van der Waals surface area contributed by atoms with Crippen LogP contribution in [0.4, 0.5) is 0 Å². The number of carbonyl (C=O) groups is 18. The number of ketones is 1. The third kappa shape index (κ3) is 33.1. The Hall–Kier alpha value is -9.38. The van der Waals surface area contributed by atoms with Gasteiger partial charge < -0.3 is 96.1 Å². The van der Waals surface area contributed by atoms with Gasteiger partial charge in [-0.05, 0) is 64.7 Å². The molecule has 0 aromatic carbocycles. The maximum Gasteiger partial charge on any atom is 0.328 e. The van der Waals surface area contributed by atoms with Gasteiger partial charge in [-0.15, -0.1) is 0 Å². The fraction of sp³-hybridized carbons (Fsp3) is 0.667. The van der Waals surface area contributed by atoms with E-state index in [1.54, 1.807) is 0 Å². The summed E-state index contributed by atoms with van der Waals surface area (Å²) in [4.78, 5) is 226. The number of carboxylic acid groups (broad SMARTS) is 1. The number of methoxy groups -OCH3 is 8. The monoisotopic (exact) mass is 1290 g/mol. The van der Waals surface area contributed by atoms with Crippen LogP contribution in [0.25, 0.3) is 0 Å². The Balaban J connectivity index is 5.56. The van der Waals surface area contributed by atoms with Gasteiger partial charge in [0.15, 0.2) is 0 Å². The van der Waals surface area contributed by atoms with Crippen molar-refractivity contribution in [3.05, 3.63) is 0 Å². The maximum absolute atomic E-state index is 13.1. The molecule has 0 spiro atoms. The van der Waals surface area contributed by atoms with Gasteiger partial charge in [-0.1, -0.05) is 0 Å². The summed E-state index contributed by atoms with van der Waals surface area (Å²) in [5.74, 6) is -16.2. The first kappa shape index (κ1) is 80.6. The molecule has 8 amide bonds. The number of hydrogen-bond donors (Lipinski definition) is 10. The average molecular weight is 1290 g/mol. The summed E-state index contributed by atoms with van der Waals surface area (Å²) >= 11 is 0. The summed E-state index contributed by atoms with van der Waals surface area (Å²) in [6.07, 6.45) is -7.15. The summed E-state index contributed by atoms with van der Waals surface area (Å²) in [6.45, 7) is 1.29. The highest BCUT2D eigenvalue weighted by Gasteiger charge is 2.32. The van der Waals surface area contributed by atoms with Crippen LogP contribution in [-0.4, -0.2) is 223 Å². The molecule has 0 saturated heterocycles. The lowest BCUT2D eigenvalue weighted by molar-refractivity contribution is -0.147. The van der Waals surface area contributed by atoms with Crippen LogP contribution in [0.1, 0.15) is 122 Å². The number of hydrogen-bond acceptors (Lipinski definition) is 27. The van der Waals surface area contributed by atoms with Crippen molar-refractivity contribution in [3.63, 3.8) is 0 Å². The topological polar surface area (TPSA) is 524 Å². The fourth-order valence-electron chi connectivity index (χ4n) is 7.96. The lowest BCUT2D eigenvalue weighted by Gasteiger charge is -2.21. The van der Waals surface area contributed by atoms with Crippen molar-refractivity contribution in [2.45, 2.75) is 177 Å². The fourth-order valence-corrected chi connectivity index (χ4v) is 7.96. The number of aliphatic carboxylic acids is 1. The number of carboxylic acids is 1. The predicted octanol–water partition coefficient (Wildman–Crippen LogP) is -4.73. The molecule has 11 N–H and O–H groups in total. The first-order valence-corrected chi connectivity index (χ1v) is 27.9. The average Bonchev–Trinajstić information content (AvgIpc) is 3.62. The second-order valence-corrected chi connectivity index (χ2v) is 19.6. The smallest absolute Gasteiger partial charge is 0.328 e. The molecule has 36 nitrogen and oxygen atoms in total. The number of esters is 8. The van der Waals surface area contributed by atoms with E-state index in [1.807, 2.05) is 0 Å². The SMILES string of the molecule is COC(=O)C(N)CCC(=O)NC(CCC(=O)NC(CCC(=O)NC(CCC(=O)NC(CCC(=O)NC(CCC(=O)NC(CCC(=O)NC(CCC(=O)NC(CCC(C)=O)C(=O)OC)C(=O)OC)C(=O)OC)C(=O)OC)C(=O)O)C(=O)OC)C(=O)OC)C(=O)OC. The molecule has 0 radical (unpaired) electrons. The normalized spacial score (nSPS) is 13.6. The first-order valence-electron chi connectivity index (χ1n) is 27.9. The molecular formula is C54H83N9O27. The van der Waals surface area contributed by atoms with Crippen molar-refractivity contribution in [3.8, 4) is 0 Å². The minimum Gasteiger partial charge on any atom is -0.480 e. The highest BCUT2D eigenvalue weighted by atomic mass is 16.6. The van der Waals surface area contributed by atoms with E-state index >= 15 is 0 Å². The Labute approximate surface area is 516 Å². The van der Waals surface area contributed by atoms with Crippen LogP contribution in [0.2, 0.25) is 0 Å². The Kier molecular flexibility index (Phi) is 39.5. The molecular weight excluding hydrogens is 1210 g/mol. The Morgan fingerprint density at radius 3 is 0.589 bits per heavy atom. The minimum atomic E-state index is -1.73. The lowest BCUT2D eigenvalue weighted by Crippen LogP contribution is -2.47. The van der Waals surface area contributed by atoms with E-state index in [-0.39, 0.29) is 44.3 Å². The Morgan fingerprint density at radius 1 is 0.267 bits per heavy atom. The number of amides is 8. The number of nitrogens with one attached hydrogen (secondary N) is 8. The molecule has 0 aliphatic rings. The van der Waals surface area contributed by atoms with Crippen LogP contribution in [0.5, 0.6) is 0 Å². The van der Waals surface area contributed by atoms with E-state index in [1.165, 1.54) is 6.92 Å². The van der Waals surface area contributed by atoms with Crippen molar-refractivity contribution in [2.75, 3.05) is 56.9 Å². The molecule has 0 saturated carbocycles. The van der Waals surface area contributed by atoms with Crippen LogP contribution >= 0.6 is 0 Å². The van der Waals surface area contributed by atoms with E-state index in [0.29, 0.717) is 0 Å². The van der Waals surface area contributed by atoms with Gasteiger partial charge in [0.05, 0.1) is 56.9 Å². The van der Waals surface area contributed by atoms with Crippen LogP contribution < -0.4 is 48.3 Å². The molecule has 0 heterocycles. The van der Waals surface area contributed by atoms with Gasteiger partial charge in [0.1, 0.15) is 60.2 Å². The van der Waals surface area contributed by atoms with E-state index < -0.39 is 232 Å². The zero-order valence-corrected chi connectivity index (χ0v) is 51.6. The standard InChI is InChI=1S/C54H83N9O27/c1-28(64)10-12-31(48(76)84-3)57-41(68)23-16-35(52(80)88-7)61-45(72)27-19-37(54(82)90-9)63-44(71)25-17-34(51(79)87-6)59-40(67)21-13-30(46(73)74)56-39(66)22-14-33(50(78)86-5)60-43(70)26-18-36(53(81)89-8)62-42(69)24-15-32(49(77)85-4)58-38(65)20-11-29(55)47(75)83-2/h29-37H,10-27,55H2,1-9H3,(H,56,66)(H,57,68)(H,58,65)(H,59,67)(H,60,70)(H,61,72)(H,62,69)(H,63,71)(H,73,74). The second kappa shape index (κ2) is 44.1. The second-order valence-electron chi connectivity index (χ2n) is 19.6. The van der Waals surface area contributed by atoms with Crippen molar-refractivity contribution < 1.29 is 129 Å². The molecule has 0 rings (SSSR count). The number of Topliss-reactive ketones (excluding diaryl/α,β-unsaturated/α-hetero) is 1.